The Kier molecular flexibility index (Phi) is 9.40. The van der Waals surface area contributed by atoms with E-state index in [0.717, 1.165) is 0 Å². The fourth-order valence-corrected chi connectivity index (χ4v) is 0.913. The van der Waals surface area contributed by atoms with Crippen LogP contribution in [-0.2, 0) is 14.6 Å². The predicted molar refractivity (Wildman–Crippen MR) is 69.2 cm³/mol. The van der Waals surface area contributed by atoms with E-state index in [-0.39, 0.29) is 47.9 Å². The van der Waals surface area contributed by atoms with Crippen molar-refractivity contribution in [1.82, 2.24) is 0 Å². The average Bonchev–Trinajstić information content (AvgIpc) is 2.19. The summed E-state index contributed by atoms with van der Waals surface area (Å²) in [4.78, 5) is 21.1. The van der Waals surface area contributed by atoms with Gasteiger partial charge in [-0.2, -0.15) is 10.2 Å². The number of carbonyl (C=O) groups is 1. The van der Waals surface area contributed by atoms with Crippen molar-refractivity contribution in [3.8, 4) is 0 Å². The summed E-state index contributed by atoms with van der Waals surface area (Å²) in [5, 5.41) is 18.8. The minimum Gasteiger partial charge on any atom is -0.550 e. The first kappa shape index (κ1) is 22.3. The van der Waals surface area contributed by atoms with Gasteiger partial charge in [-0.1, -0.05) is 0 Å². The van der Waals surface area contributed by atoms with Gasteiger partial charge in [-0.25, -0.2) is 9.78 Å². The molecule has 0 aromatic rings. The first-order valence-electron chi connectivity index (χ1n) is 6.34. The van der Waals surface area contributed by atoms with Gasteiger partial charge in [-0.3, -0.25) is 0 Å². The topological polar surface area (TPSA) is 83.3 Å². The summed E-state index contributed by atoms with van der Waals surface area (Å²) in [6.45, 7) is 12.8. The van der Waals surface area contributed by atoms with E-state index in [2.05, 4.69) is 10.2 Å². The maximum absolute atomic E-state index is 10.6. The van der Waals surface area contributed by atoms with Crippen LogP contribution in [0.25, 0.3) is 0 Å². The molecule has 0 aromatic heterocycles. The van der Waals surface area contributed by atoms with Crippen LogP contribution in [0.15, 0.2) is 10.2 Å². The molecule has 7 heteroatoms. The fraction of sp³-hybridized carbons (Fsp3) is 0.923. The third kappa shape index (κ3) is 13.0. The van der Waals surface area contributed by atoms with Crippen LogP contribution in [0.1, 0.15) is 61.3 Å². The number of carboxylic acids is 1. The van der Waals surface area contributed by atoms with Crippen LogP contribution in [0.5, 0.6) is 0 Å². The summed E-state index contributed by atoms with van der Waals surface area (Å²) in [5.74, 6) is -1.16. The number of carboxylic acid groups (broad SMARTS) is 1. The van der Waals surface area contributed by atoms with Gasteiger partial charge in [0.05, 0.1) is 11.1 Å². The molecular weight excluding hydrogens is 271 g/mol. The van der Waals surface area contributed by atoms with E-state index in [1.165, 1.54) is 0 Å². The zero-order chi connectivity index (χ0) is 15.3. The molecule has 1 atom stereocenters. The van der Waals surface area contributed by atoms with Crippen molar-refractivity contribution in [3.63, 3.8) is 0 Å². The van der Waals surface area contributed by atoms with E-state index >= 15 is 0 Å². The molecule has 0 amide bonds. The molecular formula is C13H25N2NaO4. The van der Waals surface area contributed by atoms with Crippen molar-refractivity contribution in [1.29, 1.82) is 0 Å². The van der Waals surface area contributed by atoms with Gasteiger partial charge < -0.3 is 9.90 Å². The molecule has 0 aromatic carbocycles. The van der Waals surface area contributed by atoms with Gasteiger partial charge in [0.2, 0.25) is 5.72 Å². The Bertz CT molecular complexity index is 334. The van der Waals surface area contributed by atoms with E-state index in [4.69, 9.17) is 9.78 Å². The summed E-state index contributed by atoms with van der Waals surface area (Å²) < 4.78 is 0. The fourth-order valence-electron chi connectivity index (χ4n) is 0.913. The Hall–Kier alpha value is -0.0100. The number of nitrogens with zero attached hydrogens (tertiary/aromatic N) is 2. The summed E-state index contributed by atoms with van der Waals surface area (Å²) in [5.41, 5.74) is -2.02. The number of rotatable bonds is 6. The number of azo groups is 1. The third-order valence-corrected chi connectivity index (χ3v) is 1.83. The van der Waals surface area contributed by atoms with E-state index in [1.807, 2.05) is 41.5 Å². The number of hydrogen-bond donors (Lipinski definition) is 0. The molecule has 0 rings (SSSR count). The maximum atomic E-state index is 10.6. The molecule has 20 heavy (non-hydrogen) atoms. The molecule has 0 N–H and O–H groups in total. The summed E-state index contributed by atoms with van der Waals surface area (Å²) in [6, 6.07) is 0. The molecule has 0 saturated carbocycles. The standard InChI is InChI=1S/C13H26N2O4.Na/c1-11(2,3)14-15-13(7,9-8-10(16)17)19-18-12(4,5)6;/h8-9H2,1-7H3,(H,16,17);/q;+1/p-1. The molecule has 0 aliphatic carbocycles. The smallest absolute Gasteiger partial charge is 0.550 e. The molecule has 0 bridgehead atoms. The first-order valence-corrected chi connectivity index (χ1v) is 6.34. The molecule has 112 valence electrons. The largest absolute Gasteiger partial charge is 1.00 e. The predicted octanol–water partition coefficient (Wildman–Crippen LogP) is -0.766. The zero-order valence-corrected chi connectivity index (χ0v) is 15.9. The van der Waals surface area contributed by atoms with E-state index < -0.39 is 17.3 Å². The Morgan fingerprint density at radius 2 is 1.50 bits per heavy atom. The summed E-state index contributed by atoms with van der Waals surface area (Å²) in [6.07, 6.45) is -0.0435. The minimum atomic E-state index is -1.16. The minimum absolute atomic E-state index is 0. The van der Waals surface area contributed by atoms with E-state index in [0.29, 0.717) is 0 Å². The van der Waals surface area contributed by atoms with Crippen molar-refractivity contribution in [2.24, 2.45) is 10.2 Å². The molecule has 0 spiro atoms. The van der Waals surface area contributed by atoms with E-state index in [1.54, 1.807) is 6.92 Å². The molecule has 6 nitrogen and oxygen atoms in total. The van der Waals surface area contributed by atoms with Crippen LogP contribution in [0, 0.1) is 0 Å². The average molecular weight is 296 g/mol. The molecule has 1 unspecified atom stereocenters. The second-order valence-electron chi connectivity index (χ2n) is 6.70. The summed E-state index contributed by atoms with van der Waals surface area (Å²) >= 11 is 0. The van der Waals surface area contributed by atoms with Crippen molar-refractivity contribution in [2.75, 3.05) is 0 Å². The van der Waals surface area contributed by atoms with Gasteiger partial charge in [-0.15, -0.1) is 0 Å². The maximum Gasteiger partial charge on any atom is 1.00 e. The molecule has 0 radical (unpaired) electrons. The normalized spacial score (nSPS) is 15.8. The number of aliphatic carboxylic acids is 1. The molecule has 0 aliphatic rings. The number of carbonyl (C=O) groups excluding carboxylic acids is 1. The SMILES string of the molecule is CC(C)(C)N=NC(C)(CCC(=O)[O-])OOC(C)(C)C.[Na+]. The van der Waals surface area contributed by atoms with Crippen LogP contribution in [-0.4, -0.2) is 22.8 Å². The zero-order valence-electron chi connectivity index (χ0n) is 13.9. The monoisotopic (exact) mass is 296 g/mol. The van der Waals surface area contributed by atoms with Crippen LogP contribution in [0.4, 0.5) is 0 Å². The molecule has 0 aliphatic heterocycles. The quantitative estimate of drug-likeness (QED) is 0.279. The van der Waals surface area contributed by atoms with Crippen LogP contribution < -0.4 is 34.7 Å². The number of hydrogen-bond acceptors (Lipinski definition) is 6. The Balaban J connectivity index is 0. The van der Waals surface area contributed by atoms with Gasteiger partial charge in [0, 0.05) is 12.4 Å². The Morgan fingerprint density at radius 3 is 1.85 bits per heavy atom. The Morgan fingerprint density at radius 1 is 1.00 bits per heavy atom. The second-order valence-corrected chi connectivity index (χ2v) is 6.70. The van der Waals surface area contributed by atoms with E-state index in [9.17, 15) is 9.90 Å². The van der Waals surface area contributed by atoms with Gasteiger partial charge in [-0.05, 0) is 54.9 Å². The first-order chi connectivity index (χ1) is 8.33. The van der Waals surface area contributed by atoms with Crippen LogP contribution >= 0.6 is 0 Å². The molecule has 0 saturated heterocycles. The van der Waals surface area contributed by atoms with Gasteiger partial charge >= 0.3 is 29.6 Å². The van der Waals surface area contributed by atoms with Crippen molar-refractivity contribution >= 4 is 5.97 Å². The Labute approximate surface area is 143 Å². The van der Waals surface area contributed by atoms with Gasteiger partial charge in [0.1, 0.15) is 0 Å². The van der Waals surface area contributed by atoms with Crippen molar-refractivity contribution in [3.05, 3.63) is 0 Å². The van der Waals surface area contributed by atoms with Crippen molar-refractivity contribution in [2.45, 2.75) is 78.2 Å². The second kappa shape index (κ2) is 8.44. The summed E-state index contributed by atoms with van der Waals surface area (Å²) in [7, 11) is 0. The van der Waals surface area contributed by atoms with Gasteiger partial charge in [0.15, 0.2) is 0 Å². The molecule has 0 fully saturated rings. The van der Waals surface area contributed by atoms with Crippen LogP contribution in [0.3, 0.4) is 0 Å². The van der Waals surface area contributed by atoms with Crippen LogP contribution in [0.2, 0.25) is 0 Å². The molecule has 0 heterocycles. The van der Waals surface area contributed by atoms with Crippen molar-refractivity contribution < 1.29 is 49.2 Å². The third-order valence-electron chi connectivity index (χ3n) is 1.83. The van der Waals surface area contributed by atoms with Gasteiger partial charge in [0.25, 0.3) is 0 Å².